The van der Waals surface area contributed by atoms with Crippen LogP contribution in [0.15, 0.2) is 28.7 Å². The molecule has 1 aromatic carbocycles. The summed E-state index contributed by atoms with van der Waals surface area (Å²) in [5.74, 6) is -0.509. The second-order valence-electron chi connectivity index (χ2n) is 5.17. The van der Waals surface area contributed by atoms with E-state index < -0.39 is 5.91 Å². The largest absolute Gasteiger partial charge is 0.449 e. The predicted octanol–water partition coefficient (Wildman–Crippen LogP) is 1.90. The van der Waals surface area contributed by atoms with Crippen LogP contribution in [0.1, 0.15) is 23.4 Å². The smallest absolute Gasteiger partial charge is 0.286 e. The van der Waals surface area contributed by atoms with Gasteiger partial charge in [-0.2, -0.15) is 0 Å². The van der Waals surface area contributed by atoms with Crippen LogP contribution in [0.5, 0.6) is 0 Å². The number of furan rings is 1. The average molecular weight is 288 g/mol. The van der Waals surface area contributed by atoms with Crippen molar-refractivity contribution in [3.8, 4) is 0 Å². The summed E-state index contributed by atoms with van der Waals surface area (Å²) in [5.41, 5.74) is 6.09. The Morgan fingerprint density at radius 2 is 2.10 bits per heavy atom. The number of rotatable bonds is 6. The minimum absolute atomic E-state index is 0.0474. The number of para-hydroxylation sites is 1. The van der Waals surface area contributed by atoms with Gasteiger partial charge in [-0.15, -0.1) is 0 Å². The molecule has 1 aliphatic carbocycles. The number of hydrogen-bond acceptors (Lipinski definition) is 4. The van der Waals surface area contributed by atoms with E-state index in [1.807, 2.05) is 0 Å². The highest BCUT2D eigenvalue weighted by atomic mass is 16.5. The molecule has 2 amide bonds. The van der Waals surface area contributed by atoms with Crippen LogP contribution >= 0.6 is 0 Å². The number of primary amides is 1. The molecule has 1 heterocycles. The lowest BCUT2D eigenvalue weighted by molar-refractivity contribution is -0.120. The Balaban J connectivity index is 1.76. The summed E-state index contributed by atoms with van der Waals surface area (Å²) in [4.78, 5) is 23.3. The van der Waals surface area contributed by atoms with Crippen molar-refractivity contribution in [1.82, 2.24) is 0 Å². The first-order valence-corrected chi connectivity index (χ1v) is 6.84. The second-order valence-corrected chi connectivity index (χ2v) is 5.17. The minimum Gasteiger partial charge on any atom is -0.449 e. The van der Waals surface area contributed by atoms with Crippen LogP contribution in [0.2, 0.25) is 0 Å². The third-order valence-electron chi connectivity index (χ3n) is 3.37. The van der Waals surface area contributed by atoms with Crippen molar-refractivity contribution in [3.05, 3.63) is 30.0 Å². The Morgan fingerprint density at radius 3 is 2.81 bits per heavy atom. The summed E-state index contributed by atoms with van der Waals surface area (Å²) >= 11 is 0. The quantitative estimate of drug-likeness (QED) is 0.848. The Bertz CT molecular complexity index is 688. The number of benzene rings is 1. The summed E-state index contributed by atoms with van der Waals surface area (Å²) in [5, 5.41) is 3.29. The van der Waals surface area contributed by atoms with E-state index in [1.54, 1.807) is 24.3 Å². The first-order chi connectivity index (χ1) is 10.1. The molecular formula is C15H16N2O4. The van der Waals surface area contributed by atoms with Gasteiger partial charge in [0, 0.05) is 5.39 Å². The maximum absolute atomic E-state index is 11.9. The fourth-order valence-electron chi connectivity index (χ4n) is 2.12. The van der Waals surface area contributed by atoms with Gasteiger partial charge in [0.25, 0.3) is 5.91 Å². The van der Waals surface area contributed by atoms with E-state index in [1.165, 1.54) is 12.8 Å². The number of hydrogen-bond donors (Lipinski definition) is 2. The molecule has 110 valence electrons. The van der Waals surface area contributed by atoms with Crippen LogP contribution in [0.3, 0.4) is 0 Å². The van der Waals surface area contributed by atoms with Crippen LogP contribution in [0, 0.1) is 5.92 Å². The fraction of sp³-hybridized carbons (Fsp3) is 0.333. The van der Waals surface area contributed by atoms with Gasteiger partial charge in [-0.05, 0) is 30.9 Å². The number of amides is 2. The van der Waals surface area contributed by atoms with Crippen LogP contribution < -0.4 is 11.1 Å². The molecule has 0 unspecified atom stereocenters. The number of carbonyl (C=O) groups excluding carboxylic acids is 2. The Labute approximate surface area is 121 Å². The Morgan fingerprint density at radius 1 is 1.33 bits per heavy atom. The van der Waals surface area contributed by atoms with Crippen molar-refractivity contribution in [2.24, 2.45) is 11.7 Å². The zero-order valence-electron chi connectivity index (χ0n) is 11.4. The standard InChI is InChI=1S/C15H16N2O4/c16-15(19)14-13(10-3-1-2-4-11(10)21-14)17-12(18)8-20-7-9-5-6-9/h1-4,9H,5-8H2,(H2,16,19)(H,17,18). The molecular weight excluding hydrogens is 272 g/mol. The number of fused-ring (bicyclic) bond motifs is 1. The SMILES string of the molecule is NC(=O)c1oc2ccccc2c1NC(=O)COCC1CC1. The topological polar surface area (TPSA) is 94.6 Å². The van der Waals surface area contributed by atoms with Crippen molar-refractivity contribution >= 4 is 28.5 Å². The molecule has 0 bridgehead atoms. The van der Waals surface area contributed by atoms with Gasteiger partial charge in [-0.3, -0.25) is 9.59 Å². The van der Waals surface area contributed by atoms with Crippen molar-refractivity contribution in [2.75, 3.05) is 18.5 Å². The third kappa shape index (κ3) is 3.05. The molecule has 0 saturated heterocycles. The van der Waals surface area contributed by atoms with E-state index in [0.29, 0.717) is 29.2 Å². The maximum Gasteiger partial charge on any atom is 0.286 e. The number of ether oxygens (including phenoxy) is 1. The van der Waals surface area contributed by atoms with Gasteiger partial charge >= 0.3 is 0 Å². The molecule has 6 heteroatoms. The molecule has 1 aromatic heterocycles. The van der Waals surface area contributed by atoms with Gasteiger partial charge in [0.05, 0.1) is 6.61 Å². The van der Waals surface area contributed by atoms with Crippen LogP contribution in [-0.4, -0.2) is 25.0 Å². The van der Waals surface area contributed by atoms with E-state index in [9.17, 15) is 9.59 Å². The lowest BCUT2D eigenvalue weighted by atomic mass is 10.2. The lowest BCUT2D eigenvalue weighted by Gasteiger charge is -2.05. The molecule has 1 saturated carbocycles. The van der Waals surface area contributed by atoms with E-state index in [4.69, 9.17) is 14.9 Å². The molecule has 3 N–H and O–H groups in total. The second kappa shape index (κ2) is 5.57. The molecule has 1 aliphatic rings. The molecule has 6 nitrogen and oxygen atoms in total. The first-order valence-electron chi connectivity index (χ1n) is 6.84. The fourth-order valence-corrected chi connectivity index (χ4v) is 2.12. The molecule has 0 radical (unpaired) electrons. The summed E-state index contributed by atoms with van der Waals surface area (Å²) in [7, 11) is 0. The predicted molar refractivity (Wildman–Crippen MR) is 76.9 cm³/mol. The molecule has 0 aliphatic heterocycles. The summed E-state index contributed by atoms with van der Waals surface area (Å²) in [6.07, 6.45) is 2.33. The molecule has 3 rings (SSSR count). The van der Waals surface area contributed by atoms with Crippen LogP contribution in [-0.2, 0) is 9.53 Å². The van der Waals surface area contributed by atoms with Gasteiger partial charge in [-0.25, -0.2) is 0 Å². The van der Waals surface area contributed by atoms with Crippen molar-refractivity contribution in [3.63, 3.8) is 0 Å². The van der Waals surface area contributed by atoms with Gasteiger partial charge < -0.3 is 20.2 Å². The van der Waals surface area contributed by atoms with Crippen LogP contribution in [0.4, 0.5) is 5.69 Å². The summed E-state index contributed by atoms with van der Waals surface area (Å²) in [6.45, 7) is 0.552. The van der Waals surface area contributed by atoms with Crippen LogP contribution in [0.25, 0.3) is 11.0 Å². The van der Waals surface area contributed by atoms with Crippen molar-refractivity contribution in [1.29, 1.82) is 0 Å². The molecule has 1 fully saturated rings. The van der Waals surface area contributed by atoms with Crippen molar-refractivity contribution < 1.29 is 18.7 Å². The molecule has 0 atom stereocenters. The number of carbonyl (C=O) groups is 2. The van der Waals surface area contributed by atoms with E-state index in [-0.39, 0.29) is 18.3 Å². The average Bonchev–Trinajstić information content (AvgIpc) is 3.20. The zero-order valence-corrected chi connectivity index (χ0v) is 11.4. The zero-order chi connectivity index (χ0) is 14.8. The summed E-state index contributed by atoms with van der Waals surface area (Å²) < 4.78 is 10.7. The number of anilines is 1. The Kier molecular flexibility index (Phi) is 3.62. The van der Waals surface area contributed by atoms with Gasteiger partial charge in [0.15, 0.2) is 0 Å². The number of nitrogens with two attached hydrogens (primary N) is 1. The van der Waals surface area contributed by atoms with E-state index in [0.717, 1.165) is 0 Å². The highest BCUT2D eigenvalue weighted by Crippen LogP contribution is 2.31. The lowest BCUT2D eigenvalue weighted by Crippen LogP contribution is -2.21. The summed E-state index contributed by atoms with van der Waals surface area (Å²) in [6, 6.07) is 7.04. The van der Waals surface area contributed by atoms with E-state index in [2.05, 4.69) is 5.32 Å². The minimum atomic E-state index is -0.722. The van der Waals surface area contributed by atoms with Gasteiger partial charge in [0.2, 0.25) is 11.7 Å². The molecule has 21 heavy (non-hydrogen) atoms. The first kappa shape index (κ1) is 13.6. The van der Waals surface area contributed by atoms with Gasteiger partial charge in [-0.1, -0.05) is 12.1 Å². The molecule has 2 aromatic rings. The normalized spacial score (nSPS) is 14.3. The van der Waals surface area contributed by atoms with Gasteiger partial charge in [0.1, 0.15) is 17.9 Å². The monoisotopic (exact) mass is 288 g/mol. The highest BCUT2D eigenvalue weighted by Gasteiger charge is 2.23. The third-order valence-corrected chi connectivity index (χ3v) is 3.37. The maximum atomic E-state index is 11.9. The number of nitrogens with one attached hydrogen (secondary N) is 1. The van der Waals surface area contributed by atoms with E-state index >= 15 is 0 Å². The molecule has 0 spiro atoms. The van der Waals surface area contributed by atoms with Crippen molar-refractivity contribution in [2.45, 2.75) is 12.8 Å². The highest BCUT2D eigenvalue weighted by molar-refractivity contribution is 6.10. The Hall–Kier alpha value is -2.34.